The van der Waals surface area contributed by atoms with Crippen LogP contribution in [0.1, 0.15) is 38.8 Å². The van der Waals surface area contributed by atoms with Crippen molar-refractivity contribution < 1.29 is 0 Å². The van der Waals surface area contributed by atoms with Crippen molar-refractivity contribution in [1.29, 1.82) is 0 Å². The minimum Gasteiger partial charge on any atom is -0.329 e. The van der Waals surface area contributed by atoms with Gasteiger partial charge in [-0.15, -0.1) is 0 Å². The molecule has 0 aliphatic carbocycles. The largest absolute Gasteiger partial charge is 0.329 e. The van der Waals surface area contributed by atoms with Crippen molar-refractivity contribution in [3.8, 4) is 0 Å². The van der Waals surface area contributed by atoms with Gasteiger partial charge in [0, 0.05) is 23.1 Å². The molecule has 0 heterocycles. The summed E-state index contributed by atoms with van der Waals surface area (Å²) in [7, 11) is 2.17. The average molecular weight is 313 g/mol. The maximum atomic E-state index is 5.97. The Kier molecular flexibility index (Phi) is 6.33. The molecular formula is C15H25BrN2. The molecule has 0 saturated carbocycles. The number of hydrogen-bond acceptors (Lipinski definition) is 2. The summed E-state index contributed by atoms with van der Waals surface area (Å²) in [6, 6.07) is 9.27. The molecule has 2 N–H and O–H groups in total. The molecule has 1 rings (SSSR count). The van der Waals surface area contributed by atoms with E-state index in [2.05, 4.69) is 72.9 Å². The Bertz CT molecular complexity index is 365. The molecular weight excluding hydrogens is 288 g/mol. The van der Waals surface area contributed by atoms with Gasteiger partial charge < -0.3 is 5.73 Å². The molecule has 2 nitrogen and oxygen atoms in total. The van der Waals surface area contributed by atoms with Crippen molar-refractivity contribution in [1.82, 2.24) is 4.90 Å². The van der Waals surface area contributed by atoms with Crippen molar-refractivity contribution in [2.45, 2.75) is 39.3 Å². The smallest absolute Gasteiger partial charge is 0.0470 e. The fourth-order valence-corrected chi connectivity index (χ4v) is 2.82. The second kappa shape index (κ2) is 7.27. The molecule has 0 aliphatic rings. The van der Waals surface area contributed by atoms with Gasteiger partial charge in [0.25, 0.3) is 0 Å². The maximum absolute atomic E-state index is 5.97. The van der Waals surface area contributed by atoms with E-state index in [9.17, 15) is 0 Å². The first-order chi connectivity index (χ1) is 8.45. The van der Waals surface area contributed by atoms with Crippen LogP contribution in [0.3, 0.4) is 0 Å². The van der Waals surface area contributed by atoms with E-state index in [1.165, 1.54) is 12.0 Å². The molecule has 1 aromatic carbocycles. The molecule has 0 aliphatic heterocycles. The zero-order valence-electron chi connectivity index (χ0n) is 11.9. The van der Waals surface area contributed by atoms with Crippen molar-refractivity contribution >= 4 is 15.9 Å². The highest BCUT2D eigenvalue weighted by atomic mass is 79.9. The maximum Gasteiger partial charge on any atom is 0.0470 e. The van der Waals surface area contributed by atoms with Crippen molar-refractivity contribution in [2.75, 3.05) is 13.6 Å². The van der Waals surface area contributed by atoms with Gasteiger partial charge in [0.05, 0.1) is 0 Å². The predicted molar refractivity (Wildman–Crippen MR) is 82.6 cm³/mol. The van der Waals surface area contributed by atoms with E-state index in [4.69, 9.17) is 5.73 Å². The van der Waals surface area contributed by atoms with Crippen LogP contribution in [0.5, 0.6) is 0 Å². The third-order valence-electron chi connectivity index (χ3n) is 3.46. The predicted octanol–water partition coefficient (Wildman–Crippen LogP) is 3.82. The Morgan fingerprint density at radius 3 is 2.44 bits per heavy atom. The zero-order valence-corrected chi connectivity index (χ0v) is 13.4. The average Bonchev–Trinajstić information content (AvgIpc) is 2.29. The summed E-state index contributed by atoms with van der Waals surface area (Å²) in [6.45, 7) is 7.46. The molecule has 2 unspecified atom stereocenters. The lowest BCUT2D eigenvalue weighted by molar-refractivity contribution is 0.168. The fraction of sp³-hybridized carbons (Fsp3) is 0.600. The van der Waals surface area contributed by atoms with E-state index in [0.29, 0.717) is 18.5 Å². The molecule has 0 bridgehead atoms. The van der Waals surface area contributed by atoms with Crippen LogP contribution < -0.4 is 5.73 Å². The van der Waals surface area contributed by atoms with Crippen LogP contribution in [0.2, 0.25) is 0 Å². The van der Waals surface area contributed by atoms with Gasteiger partial charge in [-0.1, -0.05) is 41.9 Å². The molecule has 102 valence electrons. The van der Waals surface area contributed by atoms with Gasteiger partial charge >= 0.3 is 0 Å². The van der Waals surface area contributed by atoms with Gasteiger partial charge in [-0.25, -0.2) is 0 Å². The molecule has 0 fully saturated rings. The monoisotopic (exact) mass is 312 g/mol. The number of benzene rings is 1. The molecule has 3 heteroatoms. The van der Waals surface area contributed by atoms with Crippen molar-refractivity contribution in [3.05, 3.63) is 34.3 Å². The van der Waals surface area contributed by atoms with Gasteiger partial charge in [-0.2, -0.15) is 0 Å². The highest BCUT2D eigenvalue weighted by Gasteiger charge is 2.20. The highest BCUT2D eigenvalue weighted by Crippen LogP contribution is 2.25. The topological polar surface area (TPSA) is 29.3 Å². The number of halogens is 1. The summed E-state index contributed by atoms with van der Waals surface area (Å²) in [5, 5.41) is 0. The number of hydrogen-bond donors (Lipinski definition) is 1. The second-order valence-electron chi connectivity index (χ2n) is 5.45. The van der Waals surface area contributed by atoms with E-state index in [0.717, 1.165) is 4.47 Å². The normalized spacial score (nSPS) is 15.1. The number of nitrogens with two attached hydrogens (primary N) is 1. The molecule has 1 aromatic rings. The first-order valence-corrected chi connectivity index (χ1v) is 7.42. The van der Waals surface area contributed by atoms with Gasteiger partial charge in [-0.05, 0) is 44.0 Å². The molecule has 0 amide bonds. The standard InChI is InChI=1S/C15H25BrN2/c1-11(2)8-12(3)18(4)15(10-17)13-6-5-7-14(16)9-13/h5-7,9,11-12,15H,8,10,17H2,1-4H3. The van der Waals surface area contributed by atoms with Crippen LogP contribution in [-0.2, 0) is 0 Å². The van der Waals surface area contributed by atoms with Crippen LogP contribution >= 0.6 is 15.9 Å². The molecule has 18 heavy (non-hydrogen) atoms. The Labute approximate surface area is 120 Å². The molecule has 0 radical (unpaired) electrons. The number of likely N-dealkylation sites (N-methyl/N-ethyl adjacent to an activating group) is 1. The molecule has 0 aromatic heterocycles. The highest BCUT2D eigenvalue weighted by molar-refractivity contribution is 9.10. The van der Waals surface area contributed by atoms with E-state index in [1.807, 2.05) is 0 Å². The van der Waals surface area contributed by atoms with E-state index < -0.39 is 0 Å². The SMILES string of the molecule is CC(C)CC(C)N(C)C(CN)c1cccc(Br)c1. The lowest BCUT2D eigenvalue weighted by Gasteiger charge is -2.33. The Balaban J connectivity index is 2.82. The van der Waals surface area contributed by atoms with Crippen LogP contribution in [0.25, 0.3) is 0 Å². The molecule has 0 spiro atoms. The Morgan fingerprint density at radius 1 is 1.28 bits per heavy atom. The van der Waals surface area contributed by atoms with Crippen LogP contribution in [0.4, 0.5) is 0 Å². The Hall–Kier alpha value is -0.380. The summed E-state index contributed by atoms with van der Waals surface area (Å²) in [5.41, 5.74) is 7.25. The van der Waals surface area contributed by atoms with Crippen molar-refractivity contribution in [2.24, 2.45) is 11.7 Å². The van der Waals surface area contributed by atoms with Gasteiger partial charge in [0.1, 0.15) is 0 Å². The summed E-state index contributed by atoms with van der Waals surface area (Å²) in [5.74, 6) is 0.711. The van der Waals surface area contributed by atoms with Crippen LogP contribution in [-0.4, -0.2) is 24.5 Å². The lowest BCUT2D eigenvalue weighted by Crippen LogP contribution is -2.37. The Morgan fingerprint density at radius 2 is 1.94 bits per heavy atom. The fourth-order valence-electron chi connectivity index (χ4n) is 2.41. The summed E-state index contributed by atoms with van der Waals surface area (Å²) < 4.78 is 1.11. The second-order valence-corrected chi connectivity index (χ2v) is 6.37. The van der Waals surface area contributed by atoms with Crippen molar-refractivity contribution in [3.63, 3.8) is 0 Å². The first kappa shape index (κ1) is 15.7. The van der Waals surface area contributed by atoms with Gasteiger partial charge in [0.15, 0.2) is 0 Å². The van der Waals surface area contributed by atoms with E-state index >= 15 is 0 Å². The minimum atomic E-state index is 0.288. The quantitative estimate of drug-likeness (QED) is 0.865. The first-order valence-electron chi connectivity index (χ1n) is 6.63. The molecule has 0 saturated heterocycles. The van der Waals surface area contributed by atoms with Gasteiger partial charge in [-0.3, -0.25) is 4.90 Å². The number of nitrogens with zero attached hydrogens (tertiary/aromatic N) is 1. The van der Waals surface area contributed by atoms with Crippen LogP contribution in [0, 0.1) is 5.92 Å². The summed E-state index contributed by atoms with van der Waals surface area (Å²) in [6.07, 6.45) is 1.20. The number of rotatable bonds is 6. The van der Waals surface area contributed by atoms with Crippen LogP contribution in [0.15, 0.2) is 28.7 Å². The van der Waals surface area contributed by atoms with Gasteiger partial charge in [0.2, 0.25) is 0 Å². The third kappa shape index (κ3) is 4.38. The zero-order chi connectivity index (χ0) is 13.7. The third-order valence-corrected chi connectivity index (χ3v) is 3.95. The summed E-state index contributed by atoms with van der Waals surface area (Å²) in [4.78, 5) is 2.39. The minimum absolute atomic E-state index is 0.288. The lowest BCUT2D eigenvalue weighted by atomic mass is 10.00. The summed E-state index contributed by atoms with van der Waals surface area (Å²) >= 11 is 3.53. The van der Waals surface area contributed by atoms with E-state index in [1.54, 1.807) is 0 Å². The molecule has 2 atom stereocenters. The van der Waals surface area contributed by atoms with E-state index in [-0.39, 0.29) is 6.04 Å².